The van der Waals surface area contributed by atoms with Crippen molar-refractivity contribution in [1.29, 1.82) is 0 Å². The molecule has 0 fully saturated rings. The number of carbonyl (C=O) groups is 1. The Hall–Kier alpha value is -3.82. The van der Waals surface area contributed by atoms with Crippen LogP contribution in [0, 0.1) is 11.6 Å². The molecular formula is C27H27F2N3O4. The number of aromatic amines is 1. The number of nitrogens with one attached hydrogen (secondary N) is 3. The Bertz CT molecular complexity index is 1400. The van der Waals surface area contributed by atoms with Gasteiger partial charge in [-0.1, -0.05) is 31.2 Å². The van der Waals surface area contributed by atoms with Gasteiger partial charge in [0.25, 0.3) is 5.91 Å². The van der Waals surface area contributed by atoms with Gasteiger partial charge in [-0.15, -0.1) is 0 Å². The number of H-pyrrole nitrogens is 1. The van der Waals surface area contributed by atoms with Crippen LogP contribution in [0.2, 0.25) is 0 Å². The van der Waals surface area contributed by atoms with Crippen LogP contribution in [0.1, 0.15) is 34.0 Å². The van der Waals surface area contributed by atoms with Crippen molar-refractivity contribution in [2.24, 2.45) is 0 Å². The fourth-order valence-electron chi connectivity index (χ4n) is 4.07. The number of aliphatic hydroxyl groups excluding tert-OH is 1. The van der Waals surface area contributed by atoms with Crippen molar-refractivity contribution < 1.29 is 23.1 Å². The van der Waals surface area contributed by atoms with Crippen molar-refractivity contribution in [1.82, 2.24) is 15.6 Å². The van der Waals surface area contributed by atoms with Crippen LogP contribution in [0.5, 0.6) is 0 Å². The Labute approximate surface area is 206 Å². The highest BCUT2D eigenvalue weighted by Gasteiger charge is 2.23. The molecule has 4 N–H and O–H groups in total. The van der Waals surface area contributed by atoms with Crippen molar-refractivity contribution in [3.63, 3.8) is 0 Å². The molecule has 36 heavy (non-hydrogen) atoms. The number of hydrogen-bond acceptors (Lipinski definition) is 5. The van der Waals surface area contributed by atoms with E-state index >= 15 is 0 Å². The minimum absolute atomic E-state index is 0.00390. The molecule has 0 aliphatic carbocycles. The summed E-state index contributed by atoms with van der Waals surface area (Å²) in [6.45, 7) is 2.70. The van der Waals surface area contributed by atoms with Crippen molar-refractivity contribution in [3.05, 3.63) is 105 Å². The number of aliphatic hydroxyl groups is 1. The quantitative estimate of drug-likeness (QED) is 0.270. The molecule has 1 aromatic heterocycles. The standard InChI is InChI=1S/C27H27F2N3O4/c1-2-16-4-3-5-17(8-16)14-30-15-24(33)23(11-18-9-20(28)13-21(29)10-18)31-26(34)19-6-7-22-25(12-19)36-27(35)32-22/h3-10,12-13,23-24,30,33H,2,11,14-15H2,1H3,(H,31,34)(H,32,35)/t23-,24+/m1/s1. The Balaban J connectivity index is 1.49. The lowest BCUT2D eigenvalue weighted by molar-refractivity contribution is 0.0830. The first kappa shape index (κ1) is 25.3. The summed E-state index contributed by atoms with van der Waals surface area (Å²) in [4.78, 5) is 26.9. The molecular weight excluding hydrogens is 468 g/mol. The first-order chi connectivity index (χ1) is 17.3. The predicted octanol–water partition coefficient (Wildman–Crippen LogP) is 3.45. The predicted molar refractivity (Wildman–Crippen MR) is 132 cm³/mol. The molecule has 0 saturated carbocycles. The van der Waals surface area contributed by atoms with E-state index in [0.29, 0.717) is 17.6 Å². The van der Waals surface area contributed by atoms with Crippen LogP contribution >= 0.6 is 0 Å². The van der Waals surface area contributed by atoms with Gasteiger partial charge in [0.05, 0.1) is 17.7 Å². The second-order valence-electron chi connectivity index (χ2n) is 8.66. The molecule has 0 bridgehead atoms. The zero-order valence-electron chi connectivity index (χ0n) is 19.7. The Kier molecular flexibility index (Phi) is 7.92. The van der Waals surface area contributed by atoms with Crippen LogP contribution < -0.4 is 16.4 Å². The highest BCUT2D eigenvalue weighted by molar-refractivity contribution is 5.97. The van der Waals surface area contributed by atoms with Gasteiger partial charge in [-0.2, -0.15) is 0 Å². The molecule has 0 radical (unpaired) electrons. The monoisotopic (exact) mass is 495 g/mol. The highest BCUT2D eigenvalue weighted by Crippen LogP contribution is 2.15. The maximum Gasteiger partial charge on any atom is 0.417 e. The first-order valence-electron chi connectivity index (χ1n) is 11.7. The molecule has 3 aromatic carbocycles. The Morgan fingerprint density at radius 3 is 2.53 bits per heavy atom. The number of aromatic nitrogens is 1. The number of halogens is 2. The third kappa shape index (κ3) is 6.44. The summed E-state index contributed by atoms with van der Waals surface area (Å²) >= 11 is 0. The minimum Gasteiger partial charge on any atom is -0.408 e. The van der Waals surface area contributed by atoms with Gasteiger partial charge in [-0.05, 0) is 59.9 Å². The molecule has 0 spiro atoms. The second-order valence-corrected chi connectivity index (χ2v) is 8.66. The summed E-state index contributed by atoms with van der Waals surface area (Å²) in [6, 6.07) is 14.7. The van der Waals surface area contributed by atoms with Crippen molar-refractivity contribution in [3.8, 4) is 0 Å². The van der Waals surface area contributed by atoms with Crippen molar-refractivity contribution >= 4 is 17.0 Å². The van der Waals surface area contributed by atoms with E-state index in [9.17, 15) is 23.5 Å². The summed E-state index contributed by atoms with van der Waals surface area (Å²) < 4.78 is 32.5. The number of benzene rings is 3. The van der Waals surface area contributed by atoms with Crippen LogP contribution in [0.3, 0.4) is 0 Å². The molecule has 0 unspecified atom stereocenters. The zero-order chi connectivity index (χ0) is 25.7. The summed E-state index contributed by atoms with van der Waals surface area (Å²) in [7, 11) is 0. The fourth-order valence-corrected chi connectivity index (χ4v) is 4.07. The molecule has 4 rings (SSSR count). The number of amides is 1. The number of rotatable bonds is 10. The average Bonchev–Trinajstić information content (AvgIpc) is 3.22. The largest absolute Gasteiger partial charge is 0.417 e. The normalized spacial score (nSPS) is 13.0. The minimum atomic E-state index is -1.07. The van der Waals surface area contributed by atoms with Crippen LogP contribution in [-0.4, -0.2) is 34.7 Å². The lowest BCUT2D eigenvalue weighted by Gasteiger charge is -2.25. The summed E-state index contributed by atoms with van der Waals surface area (Å²) in [5.41, 5.74) is 3.41. The Morgan fingerprint density at radius 1 is 1.03 bits per heavy atom. The maximum atomic E-state index is 13.8. The van der Waals surface area contributed by atoms with Gasteiger partial charge in [-0.3, -0.25) is 9.78 Å². The molecule has 7 nitrogen and oxygen atoms in total. The van der Waals surface area contributed by atoms with E-state index < -0.39 is 35.4 Å². The van der Waals surface area contributed by atoms with E-state index in [1.54, 1.807) is 0 Å². The second kappa shape index (κ2) is 11.3. The molecule has 9 heteroatoms. The third-order valence-corrected chi connectivity index (χ3v) is 5.92. The number of fused-ring (bicyclic) bond motifs is 1. The average molecular weight is 496 g/mol. The van der Waals surface area contributed by atoms with Gasteiger partial charge in [0.1, 0.15) is 11.6 Å². The van der Waals surface area contributed by atoms with Crippen LogP contribution in [0.15, 0.2) is 69.9 Å². The van der Waals surface area contributed by atoms with Crippen LogP contribution in [0.25, 0.3) is 11.1 Å². The number of oxazole rings is 1. The summed E-state index contributed by atoms with van der Waals surface area (Å²) in [5.74, 6) is -2.66. The molecule has 188 valence electrons. The van der Waals surface area contributed by atoms with Gasteiger partial charge >= 0.3 is 5.76 Å². The lowest BCUT2D eigenvalue weighted by Crippen LogP contribution is -2.48. The van der Waals surface area contributed by atoms with Gasteiger partial charge in [0.15, 0.2) is 5.58 Å². The molecule has 1 amide bonds. The van der Waals surface area contributed by atoms with Crippen LogP contribution in [-0.2, 0) is 19.4 Å². The first-order valence-corrected chi connectivity index (χ1v) is 11.7. The number of hydrogen-bond donors (Lipinski definition) is 4. The molecule has 1 heterocycles. The number of aryl methyl sites for hydroxylation is 1. The molecule has 4 aromatic rings. The molecule has 0 aliphatic heterocycles. The number of carbonyl (C=O) groups excluding carboxylic acids is 1. The summed E-state index contributed by atoms with van der Waals surface area (Å²) in [5, 5.41) is 16.9. The smallest absolute Gasteiger partial charge is 0.408 e. The Morgan fingerprint density at radius 2 is 1.78 bits per heavy atom. The fraction of sp³-hybridized carbons (Fsp3) is 0.259. The van der Waals surface area contributed by atoms with Gasteiger partial charge < -0.3 is 20.2 Å². The summed E-state index contributed by atoms with van der Waals surface area (Å²) in [6.07, 6.45) is -0.161. The molecule has 0 saturated heterocycles. The maximum absolute atomic E-state index is 13.8. The topological polar surface area (TPSA) is 107 Å². The van der Waals surface area contributed by atoms with Gasteiger partial charge in [0, 0.05) is 24.7 Å². The van der Waals surface area contributed by atoms with E-state index in [-0.39, 0.29) is 24.1 Å². The van der Waals surface area contributed by atoms with Gasteiger partial charge in [0.2, 0.25) is 0 Å². The lowest BCUT2D eigenvalue weighted by atomic mass is 10.00. The van der Waals surface area contributed by atoms with E-state index in [1.165, 1.54) is 35.9 Å². The SMILES string of the molecule is CCc1cccc(CNC[C@H](O)[C@@H](Cc2cc(F)cc(F)c2)NC(=O)c2ccc3[nH]c(=O)oc3c2)c1. The van der Waals surface area contributed by atoms with E-state index in [2.05, 4.69) is 28.6 Å². The van der Waals surface area contributed by atoms with Gasteiger partial charge in [-0.25, -0.2) is 13.6 Å². The highest BCUT2D eigenvalue weighted by atomic mass is 19.1. The third-order valence-electron chi connectivity index (χ3n) is 5.92. The molecule has 2 atom stereocenters. The van der Waals surface area contributed by atoms with Crippen molar-refractivity contribution in [2.75, 3.05) is 6.54 Å². The zero-order valence-corrected chi connectivity index (χ0v) is 19.7. The van der Waals surface area contributed by atoms with Crippen molar-refractivity contribution in [2.45, 2.75) is 38.5 Å². The van der Waals surface area contributed by atoms with E-state index in [0.717, 1.165) is 18.1 Å². The van der Waals surface area contributed by atoms with Crippen LogP contribution in [0.4, 0.5) is 8.78 Å². The molecule has 0 aliphatic rings. The van der Waals surface area contributed by atoms with E-state index in [1.807, 2.05) is 18.2 Å². The van der Waals surface area contributed by atoms with E-state index in [4.69, 9.17) is 4.42 Å².